The van der Waals surface area contributed by atoms with Crippen LogP contribution in [0.5, 0.6) is 0 Å². The summed E-state index contributed by atoms with van der Waals surface area (Å²) in [5.41, 5.74) is 2.13. The maximum atomic E-state index is 10.0. The van der Waals surface area contributed by atoms with Crippen molar-refractivity contribution in [3.63, 3.8) is 0 Å². The average molecular weight is 162 g/mol. The van der Waals surface area contributed by atoms with Crippen molar-refractivity contribution < 1.29 is 4.79 Å². The molecule has 0 unspecified atom stereocenters. The van der Waals surface area contributed by atoms with Gasteiger partial charge in [-0.25, -0.2) is 0 Å². The molecule has 0 saturated carbocycles. The standard InChI is InChI=1S/C9H10N2O/c1-7(10)8-2-4-9(5-3-8)11-6-12/h2-6,10H,1H3,(H,11,12). The zero-order chi connectivity index (χ0) is 8.97. The van der Waals surface area contributed by atoms with E-state index in [0.717, 1.165) is 11.3 Å². The minimum atomic E-state index is 0.521. The first-order chi connectivity index (χ1) is 5.74. The third kappa shape index (κ3) is 1.92. The Labute approximate surface area is 70.9 Å². The Morgan fingerprint density at radius 3 is 2.42 bits per heavy atom. The molecule has 0 fully saturated rings. The van der Waals surface area contributed by atoms with Crippen LogP contribution in [0.25, 0.3) is 0 Å². The van der Waals surface area contributed by atoms with Crippen molar-refractivity contribution in [1.29, 1.82) is 5.41 Å². The Morgan fingerprint density at radius 2 is 2.00 bits per heavy atom. The van der Waals surface area contributed by atoms with Gasteiger partial charge in [-0.1, -0.05) is 12.1 Å². The molecule has 1 rings (SSSR count). The molecule has 0 spiro atoms. The number of hydrogen-bond donors (Lipinski definition) is 2. The third-order valence-corrected chi connectivity index (χ3v) is 1.54. The fourth-order valence-electron chi connectivity index (χ4n) is 0.884. The normalized spacial score (nSPS) is 9.08. The van der Waals surface area contributed by atoms with Gasteiger partial charge in [-0.05, 0) is 24.6 Å². The summed E-state index contributed by atoms with van der Waals surface area (Å²) in [5.74, 6) is 0. The van der Waals surface area contributed by atoms with Gasteiger partial charge in [-0.2, -0.15) is 0 Å². The van der Waals surface area contributed by atoms with Crippen molar-refractivity contribution in [2.75, 3.05) is 5.32 Å². The quantitative estimate of drug-likeness (QED) is 0.515. The fourth-order valence-corrected chi connectivity index (χ4v) is 0.884. The van der Waals surface area contributed by atoms with Crippen LogP contribution < -0.4 is 5.32 Å². The maximum absolute atomic E-state index is 10.0. The van der Waals surface area contributed by atoms with E-state index in [1.54, 1.807) is 31.2 Å². The number of benzene rings is 1. The molecule has 0 aliphatic heterocycles. The first-order valence-electron chi connectivity index (χ1n) is 3.60. The number of carbonyl (C=O) groups excluding carboxylic acids is 1. The highest BCUT2D eigenvalue weighted by molar-refractivity contribution is 5.96. The van der Waals surface area contributed by atoms with Crippen LogP contribution >= 0.6 is 0 Å². The van der Waals surface area contributed by atoms with E-state index in [9.17, 15) is 4.79 Å². The number of amides is 1. The summed E-state index contributed by atoms with van der Waals surface area (Å²) in [7, 11) is 0. The molecule has 0 heterocycles. The molecule has 0 radical (unpaired) electrons. The summed E-state index contributed by atoms with van der Waals surface area (Å²) in [6.45, 7) is 1.72. The molecular weight excluding hydrogens is 152 g/mol. The van der Waals surface area contributed by atoms with Gasteiger partial charge in [0.2, 0.25) is 6.41 Å². The number of hydrogen-bond acceptors (Lipinski definition) is 2. The van der Waals surface area contributed by atoms with Gasteiger partial charge < -0.3 is 10.7 Å². The molecule has 0 atom stereocenters. The highest BCUT2D eigenvalue weighted by atomic mass is 16.1. The zero-order valence-electron chi connectivity index (χ0n) is 6.79. The number of anilines is 1. The van der Waals surface area contributed by atoms with Crippen molar-refractivity contribution in [2.24, 2.45) is 0 Å². The molecule has 1 aromatic carbocycles. The van der Waals surface area contributed by atoms with Gasteiger partial charge >= 0.3 is 0 Å². The number of nitrogens with one attached hydrogen (secondary N) is 2. The summed E-state index contributed by atoms with van der Waals surface area (Å²) in [6.07, 6.45) is 0.631. The predicted octanol–water partition coefficient (Wildman–Crippen LogP) is 1.64. The molecule has 0 aromatic heterocycles. The van der Waals surface area contributed by atoms with Crippen LogP contribution in [0.15, 0.2) is 24.3 Å². The first-order valence-corrected chi connectivity index (χ1v) is 3.60. The van der Waals surface area contributed by atoms with E-state index in [4.69, 9.17) is 5.41 Å². The fraction of sp³-hybridized carbons (Fsp3) is 0.111. The van der Waals surface area contributed by atoms with Gasteiger partial charge in [0.15, 0.2) is 0 Å². The molecule has 1 aromatic rings. The average Bonchev–Trinajstić information content (AvgIpc) is 2.06. The molecule has 62 valence electrons. The minimum Gasteiger partial charge on any atom is -0.329 e. The molecule has 1 amide bonds. The lowest BCUT2D eigenvalue weighted by Gasteiger charge is -2.00. The van der Waals surface area contributed by atoms with Gasteiger partial charge in [0.05, 0.1) is 0 Å². The Bertz CT molecular complexity index is 290. The van der Waals surface area contributed by atoms with E-state index < -0.39 is 0 Å². The van der Waals surface area contributed by atoms with Crippen LogP contribution in [0.2, 0.25) is 0 Å². The molecule has 0 aliphatic rings. The van der Waals surface area contributed by atoms with Crippen molar-refractivity contribution in [3.8, 4) is 0 Å². The first kappa shape index (κ1) is 8.46. The Kier molecular flexibility index (Phi) is 2.58. The minimum absolute atomic E-state index is 0.521. The zero-order valence-corrected chi connectivity index (χ0v) is 6.79. The number of rotatable bonds is 3. The van der Waals surface area contributed by atoms with Gasteiger partial charge in [-0.15, -0.1) is 0 Å². The molecule has 12 heavy (non-hydrogen) atoms. The van der Waals surface area contributed by atoms with Crippen molar-refractivity contribution in [3.05, 3.63) is 29.8 Å². The van der Waals surface area contributed by atoms with E-state index in [0.29, 0.717) is 12.1 Å². The van der Waals surface area contributed by atoms with Gasteiger partial charge in [0.25, 0.3) is 0 Å². The second kappa shape index (κ2) is 3.67. The van der Waals surface area contributed by atoms with E-state index in [-0.39, 0.29) is 0 Å². The summed E-state index contributed by atoms with van der Waals surface area (Å²) in [6, 6.07) is 7.13. The monoisotopic (exact) mass is 162 g/mol. The van der Waals surface area contributed by atoms with E-state index >= 15 is 0 Å². The lowest BCUT2D eigenvalue weighted by molar-refractivity contribution is -0.105. The van der Waals surface area contributed by atoms with Crippen LogP contribution in [0, 0.1) is 5.41 Å². The van der Waals surface area contributed by atoms with Gasteiger partial charge in [-0.3, -0.25) is 4.79 Å². The maximum Gasteiger partial charge on any atom is 0.211 e. The summed E-state index contributed by atoms with van der Waals surface area (Å²) in [5, 5.41) is 9.84. The second-order valence-corrected chi connectivity index (χ2v) is 2.46. The highest BCUT2D eigenvalue weighted by Gasteiger charge is 1.94. The summed E-state index contributed by atoms with van der Waals surface area (Å²) in [4.78, 5) is 10.0. The van der Waals surface area contributed by atoms with E-state index in [2.05, 4.69) is 5.32 Å². The smallest absolute Gasteiger partial charge is 0.211 e. The molecule has 3 heteroatoms. The van der Waals surface area contributed by atoms with Crippen LogP contribution in [0.3, 0.4) is 0 Å². The van der Waals surface area contributed by atoms with Crippen LogP contribution in [0.1, 0.15) is 12.5 Å². The number of carbonyl (C=O) groups is 1. The Morgan fingerprint density at radius 1 is 1.42 bits per heavy atom. The van der Waals surface area contributed by atoms with Gasteiger partial charge in [0, 0.05) is 11.4 Å². The molecule has 0 bridgehead atoms. The summed E-state index contributed by atoms with van der Waals surface area (Å²) >= 11 is 0. The van der Waals surface area contributed by atoms with Crippen molar-refractivity contribution in [2.45, 2.75) is 6.92 Å². The van der Waals surface area contributed by atoms with Crippen LogP contribution in [0.4, 0.5) is 5.69 Å². The summed E-state index contributed by atoms with van der Waals surface area (Å²) < 4.78 is 0. The Hall–Kier alpha value is -1.64. The third-order valence-electron chi connectivity index (χ3n) is 1.54. The predicted molar refractivity (Wildman–Crippen MR) is 48.6 cm³/mol. The van der Waals surface area contributed by atoms with Crippen LogP contribution in [-0.4, -0.2) is 12.1 Å². The topological polar surface area (TPSA) is 53.0 Å². The van der Waals surface area contributed by atoms with E-state index in [1.807, 2.05) is 0 Å². The molecule has 0 saturated heterocycles. The molecule has 0 aliphatic carbocycles. The highest BCUT2D eigenvalue weighted by Crippen LogP contribution is 2.08. The lowest BCUT2D eigenvalue weighted by Crippen LogP contribution is -1.95. The van der Waals surface area contributed by atoms with Gasteiger partial charge in [0.1, 0.15) is 0 Å². The molecule has 3 nitrogen and oxygen atoms in total. The Balaban J connectivity index is 2.85. The SMILES string of the molecule is CC(=N)c1ccc(NC=O)cc1. The van der Waals surface area contributed by atoms with Crippen molar-refractivity contribution in [1.82, 2.24) is 0 Å². The largest absolute Gasteiger partial charge is 0.329 e. The molecular formula is C9H10N2O. The van der Waals surface area contributed by atoms with Crippen LogP contribution in [-0.2, 0) is 4.79 Å². The molecule has 2 N–H and O–H groups in total. The van der Waals surface area contributed by atoms with Crippen molar-refractivity contribution >= 4 is 17.8 Å². The van der Waals surface area contributed by atoms with E-state index in [1.165, 1.54) is 0 Å². The lowest BCUT2D eigenvalue weighted by atomic mass is 10.1. The second-order valence-electron chi connectivity index (χ2n) is 2.46.